The van der Waals surface area contributed by atoms with Crippen LogP contribution in [-0.4, -0.2) is 126 Å². The van der Waals surface area contributed by atoms with Crippen molar-refractivity contribution in [2.24, 2.45) is 0 Å². The van der Waals surface area contributed by atoms with Crippen molar-refractivity contribution in [3.8, 4) is 0 Å². The van der Waals surface area contributed by atoms with Crippen molar-refractivity contribution in [3.63, 3.8) is 0 Å². The fourth-order valence-corrected chi connectivity index (χ4v) is 4.88. The van der Waals surface area contributed by atoms with Crippen molar-refractivity contribution < 1.29 is 85.7 Å². The topological polar surface area (TPSA) is 245 Å². The summed E-state index contributed by atoms with van der Waals surface area (Å²) in [6.45, 7) is 5.79. The van der Waals surface area contributed by atoms with Crippen LogP contribution in [0.25, 0.3) is 0 Å². The maximum atomic E-state index is 12.4. The highest BCUT2D eigenvalue weighted by molar-refractivity contribution is 6.76. The normalized spacial score (nSPS) is 29.3. The monoisotopic (exact) mass is 779 g/mol. The van der Waals surface area contributed by atoms with E-state index in [0.29, 0.717) is 0 Å². The molecule has 2 aliphatic rings. The summed E-state index contributed by atoms with van der Waals surface area (Å²) in [5.41, 5.74) is 0. The number of alkyl halides is 3. The van der Waals surface area contributed by atoms with Gasteiger partial charge in [0, 0.05) is 48.5 Å². The quantitative estimate of drug-likeness (QED) is 0.0953. The van der Waals surface area contributed by atoms with Gasteiger partial charge in [0.05, 0.1) is 0 Å². The van der Waals surface area contributed by atoms with Crippen LogP contribution < -0.4 is 0 Å². The predicted molar refractivity (Wildman–Crippen MR) is 162 cm³/mol. The van der Waals surface area contributed by atoms with Crippen molar-refractivity contribution in [1.29, 1.82) is 5.41 Å². The van der Waals surface area contributed by atoms with Crippen LogP contribution >= 0.6 is 34.8 Å². The number of ether oxygens (including phenoxy) is 11. The summed E-state index contributed by atoms with van der Waals surface area (Å²) in [6.07, 6.45) is -17.0. The van der Waals surface area contributed by atoms with E-state index in [1.807, 2.05) is 0 Å². The Hall–Kier alpha value is -3.49. The van der Waals surface area contributed by atoms with E-state index in [4.69, 9.17) is 92.3 Å². The van der Waals surface area contributed by atoms with Crippen LogP contribution in [0.2, 0.25) is 0 Å². The molecule has 282 valence electrons. The molecule has 0 bridgehead atoms. The molecule has 50 heavy (non-hydrogen) atoms. The van der Waals surface area contributed by atoms with Crippen molar-refractivity contribution in [2.75, 3.05) is 13.2 Å². The van der Waals surface area contributed by atoms with Crippen LogP contribution in [0.3, 0.4) is 0 Å². The number of esters is 7. The summed E-state index contributed by atoms with van der Waals surface area (Å²) in [4.78, 5) is 84.9. The molecular formula is C28H36Cl3NO18. The summed E-state index contributed by atoms with van der Waals surface area (Å²) >= 11 is 17.3. The highest BCUT2D eigenvalue weighted by atomic mass is 35.6. The van der Waals surface area contributed by atoms with Gasteiger partial charge in [0.2, 0.25) is 18.3 Å². The van der Waals surface area contributed by atoms with Crippen molar-refractivity contribution >= 4 is 82.5 Å². The Morgan fingerprint density at radius 2 is 0.840 bits per heavy atom. The van der Waals surface area contributed by atoms with E-state index < -0.39 is 126 Å². The van der Waals surface area contributed by atoms with E-state index in [1.165, 1.54) is 0 Å². The second-order valence-corrected chi connectivity index (χ2v) is 12.9. The molecule has 22 heteroatoms. The molecule has 2 heterocycles. The van der Waals surface area contributed by atoms with E-state index in [2.05, 4.69) is 0 Å². The van der Waals surface area contributed by atoms with Crippen LogP contribution in [0.4, 0.5) is 0 Å². The third kappa shape index (κ3) is 13.0. The number of hydrogen-bond donors (Lipinski definition) is 1. The summed E-state index contributed by atoms with van der Waals surface area (Å²) in [5, 5.41) is 8.03. The first-order valence-corrected chi connectivity index (χ1v) is 15.7. The number of rotatable bonds is 12. The van der Waals surface area contributed by atoms with E-state index in [9.17, 15) is 33.6 Å². The molecule has 0 radical (unpaired) electrons. The predicted octanol–water partition coefficient (Wildman–Crippen LogP) is 0.970. The van der Waals surface area contributed by atoms with Crippen LogP contribution in [-0.2, 0) is 85.7 Å². The van der Waals surface area contributed by atoms with Gasteiger partial charge >= 0.3 is 41.8 Å². The average Bonchev–Trinajstić information content (AvgIpc) is 2.95. The van der Waals surface area contributed by atoms with Crippen LogP contribution in [0.15, 0.2) is 0 Å². The number of halogens is 3. The lowest BCUT2D eigenvalue weighted by atomic mass is 9.96. The Kier molecular flexibility index (Phi) is 15.9. The lowest BCUT2D eigenvalue weighted by Gasteiger charge is -2.48. The first kappa shape index (κ1) is 42.7. The molecule has 19 nitrogen and oxygen atoms in total. The van der Waals surface area contributed by atoms with Gasteiger partial charge in [-0.15, -0.1) is 0 Å². The molecule has 2 fully saturated rings. The Morgan fingerprint density at radius 3 is 1.24 bits per heavy atom. The molecule has 2 rings (SSSR count). The molecule has 0 saturated carbocycles. The fraction of sp³-hybridized carbons (Fsp3) is 0.714. The second-order valence-electron chi connectivity index (χ2n) is 10.6. The van der Waals surface area contributed by atoms with E-state index in [-0.39, 0.29) is 0 Å². The zero-order chi connectivity index (χ0) is 38.1. The number of carbonyl (C=O) groups excluding carboxylic acids is 7. The summed E-state index contributed by atoms with van der Waals surface area (Å²) in [5.74, 6) is -7.37. The van der Waals surface area contributed by atoms with Crippen molar-refractivity contribution in [1.82, 2.24) is 0 Å². The van der Waals surface area contributed by atoms with Crippen molar-refractivity contribution in [3.05, 3.63) is 0 Å². The van der Waals surface area contributed by atoms with Gasteiger partial charge in [-0.2, -0.15) is 0 Å². The molecule has 0 aromatic carbocycles. The maximum absolute atomic E-state index is 12.4. The van der Waals surface area contributed by atoms with Gasteiger partial charge in [-0.3, -0.25) is 39.0 Å². The van der Waals surface area contributed by atoms with Gasteiger partial charge < -0.3 is 52.1 Å². The molecule has 0 amide bonds. The van der Waals surface area contributed by atoms with Gasteiger partial charge in [0.25, 0.3) is 3.79 Å². The molecule has 0 aromatic heterocycles. The van der Waals surface area contributed by atoms with Gasteiger partial charge in [-0.05, 0) is 0 Å². The second kappa shape index (κ2) is 18.7. The molecule has 10 atom stereocenters. The van der Waals surface area contributed by atoms with E-state index in [1.54, 1.807) is 0 Å². The Balaban J connectivity index is 2.77. The van der Waals surface area contributed by atoms with Crippen LogP contribution in [0.5, 0.6) is 0 Å². The van der Waals surface area contributed by atoms with Gasteiger partial charge in [-0.1, -0.05) is 34.8 Å². The fourth-order valence-electron chi connectivity index (χ4n) is 4.75. The SMILES string of the molecule is CC(=O)OCC1O[C@@H](O[C@@H]2C(COC(C)=O)O[C@@H](OC(=N)C(Cl)(Cl)Cl)C(OC(C)=O)C2OC(C)=O)C(OC(C)=O)C(OC(C)=O)[C@@H]1OC(C)=O. The molecule has 2 saturated heterocycles. The highest BCUT2D eigenvalue weighted by Crippen LogP contribution is 2.37. The minimum Gasteiger partial charge on any atom is -0.463 e. The third-order valence-electron chi connectivity index (χ3n) is 6.38. The van der Waals surface area contributed by atoms with Gasteiger partial charge in [-0.25, -0.2) is 0 Å². The molecule has 2 aliphatic heterocycles. The Labute approximate surface area is 300 Å². The molecule has 0 spiro atoms. The molecular weight excluding hydrogens is 745 g/mol. The average molecular weight is 781 g/mol. The minimum absolute atomic E-state index is 0.617. The number of carbonyl (C=O) groups is 7. The van der Waals surface area contributed by atoms with E-state index >= 15 is 0 Å². The minimum atomic E-state index is -2.45. The third-order valence-corrected chi connectivity index (χ3v) is 6.89. The lowest BCUT2D eigenvalue weighted by Crippen LogP contribution is -2.67. The van der Waals surface area contributed by atoms with Crippen LogP contribution in [0.1, 0.15) is 48.5 Å². The molecule has 0 aliphatic carbocycles. The summed E-state index contributed by atoms with van der Waals surface area (Å²) in [7, 11) is 0. The highest BCUT2D eigenvalue weighted by Gasteiger charge is 2.58. The summed E-state index contributed by atoms with van der Waals surface area (Å²) in [6, 6.07) is 0. The summed E-state index contributed by atoms with van der Waals surface area (Å²) < 4.78 is 58.1. The molecule has 1 N–H and O–H groups in total. The first-order valence-electron chi connectivity index (χ1n) is 14.5. The smallest absolute Gasteiger partial charge is 0.303 e. The molecule has 6 unspecified atom stereocenters. The van der Waals surface area contributed by atoms with Crippen LogP contribution in [0, 0.1) is 5.41 Å². The largest absolute Gasteiger partial charge is 0.463 e. The maximum Gasteiger partial charge on any atom is 0.303 e. The number of hydrogen-bond acceptors (Lipinski definition) is 19. The first-order chi connectivity index (χ1) is 23.1. The Morgan fingerprint density at radius 1 is 0.500 bits per heavy atom. The Bertz CT molecular complexity index is 1310. The number of nitrogens with one attached hydrogen (secondary N) is 1. The standard InChI is InChI=1S/C28H36Cl3NO18/c1-10(33)40-8-17-19(42-12(3)35)21(43-13(4)36)23(45-15(6)38)25(47-17)49-20-18(9-41-11(2)34)48-26(50-27(32)28(29,30)31)24(46-16(7)39)22(20)44-14(5)37/h17-26,32H,8-9H2,1-7H3/t17?,18?,19-,20-,21?,22?,23?,24?,25+,26+/m1/s1. The van der Waals surface area contributed by atoms with Gasteiger partial charge in [0.15, 0.2) is 30.7 Å². The van der Waals surface area contributed by atoms with Gasteiger partial charge in [0.1, 0.15) is 31.5 Å². The zero-order valence-corrected chi connectivity index (χ0v) is 29.9. The van der Waals surface area contributed by atoms with E-state index in [0.717, 1.165) is 48.5 Å². The van der Waals surface area contributed by atoms with Crippen molar-refractivity contribution in [2.45, 2.75) is 114 Å². The molecule has 0 aromatic rings. The zero-order valence-electron chi connectivity index (χ0n) is 27.7. The lowest BCUT2D eigenvalue weighted by molar-refractivity contribution is -0.355.